The number of nitrogens with zero attached hydrogens (tertiary/aromatic N) is 1. The number of hydrogen-bond donors (Lipinski definition) is 1. The molecule has 0 radical (unpaired) electrons. The van der Waals surface area contributed by atoms with Gasteiger partial charge in [0.1, 0.15) is 5.82 Å². The number of carbonyl (C=O) groups is 1. The van der Waals surface area contributed by atoms with Gasteiger partial charge in [0.15, 0.2) is 0 Å². The molecule has 1 saturated heterocycles. The van der Waals surface area contributed by atoms with Crippen LogP contribution in [0, 0.1) is 11.7 Å². The van der Waals surface area contributed by atoms with E-state index in [0.29, 0.717) is 19.5 Å². The summed E-state index contributed by atoms with van der Waals surface area (Å²) in [7, 11) is -3.55. The van der Waals surface area contributed by atoms with E-state index in [0.717, 1.165) is 5.56 Å². The summed E-state index contributed by atoms with van der Waals surface area (Å²) < 4.78 is 34.8. The molecule has 1 amide bonds. The molecule has 0 bridgehead atoms. The Hall–Kier alpha value is -1.47. The van der Waals surface area contributed by atoms with E-state index in [1.54, 1.807) is 17.0 Å². The van der Waals surface area contributed by atoms with E-state index >= 15 is 0 Å². The first-order valence-corrected chi connectivity index (χ1v) is 8.08. The fraction of sp³-hybridized carbons (Fsp3) is 0.462. The summed E-state index contributed by atoms with van der Waals surface area (Å²) in [5, 5.41) is 4.99. The number of primary sulfonamides is 1. The average molecular weight is 300 g/mol. The van der Waals surface area contributed by atoms with Crippen molar-refractivity contribution in [1.82, 2.24) is 4.90 Å². The zero-order chi connectivity index (χ0) is 14.8. The SMILES string of the molecule is NS(=O)(=O)CC1CC(=O)N(CCc2ccc(F)cc2)C1. The van der Waals surface area contributed by atoms with Crippen molar-refractivity contribution in [2.24, 2.45) is 11.1 Å². The third kappa shape index (κ3) is 4.28. The first kappa shape index (κ1) is 14.9. The summed E-state index contributed by atoms with van der Waals surface area (Å²) in [5.41, 5.74) is 0.939. The van der Waals surface area contributed by atoms with Crippen LogP contribution in [0.15, 0.2) is 24.3 Å². The first-order valence-electron chi connectivity index (χ1n) is 6.36. The maximum atomic E-state index is 12.8. The zero-order valence-corrected chi connectivity index (χ0v) is 11.8. The monoisotopic (exact) mass is 300 g/mol. The number of likely N-dealkylation sites (tertiary alicyclic amines) is 1. The molecule has 1 fully saturated rings. The normalized spacial score (nSPS) is 19.6. The highest BCUT2D eigenvalue weighted by Crippen LogP contribution is 2.19. The lowest BCUT2D eigenvalue weighted by Crippen LogP contribution is -2.29. The Morgan fingerprint density at radius 1 is 1.30 bits per heavy atom. The van der Waals surface area contributed by atoms with Gasteiger partial charge in [-0.2, -0.15) is 0 Å². The maximum Gasteiger partial charge on any atom is 0.222 e. The summed E-state index contributed by atoms with van der Waals surface area (Å²) >= 11 is 0. The van der Waals surface area contributed by atoms with Crippen molar-refractivity contribution in [3.63, 3.8) is 0 Å². The van der Waals surface area contributed by atoms with E-state index in [9.17, 15) is 17.6 Å². The summed E-state index contributed by atoms with van der Waals surface area (Å²) in [4.78, 5) is 13.4. The minimum atomic E-state index is -3.55. The molecule has 1 unspecified atom stereocenters. The molecule has 1 heterocycles. The predicted molar refractivity (Wildman–Crippen MR) is 72.8 cm³/mol. The lowest BCUT2D eigenvalue weighted by atomic mass is 10.1. The molecule has 0 aliphatic carbocycles. The largest absolute Gasteiger partial charge is 0.342 e. The van der Waals surface area contributed by atoms with Crippen LogP contribution < -0.4 is 5.14 Å². The van der Waals surface area contributed by atoms with Crippen molar-refractivity contribution >= 4 is 15.9 Å². The molecule has 20 heavy (non-hydrogen) atoms. The fourth-order valence-electron chi connectivity index (χ4n) is 2.43. The molecule has 1 aliphatic rings. The lowest BCUT2D eigenvalue weighted by molar-refractivity contribution is -0.127. The van der Waals surface area contributed by atoms with Crippen molar-refractivity contribution < 1.29 is 17.6 Å². The quantitative estimate of drug-likeness (QED) is 0.860. The second-order valence-corrected chi connectivity index (χ2v) is 6.77. The van der Waals surface area contributed by atoms with Gasteiger partial charge in [0.2, 0.25) is 15.9 Å². The number of benzene rings is 1. The average Bonchev–Trinajstić information content (AvgIpc) is 2.66. The Morgan fingerprint density at radius 3 is 2.55 bits per heavy atom. The summed E-state index contributed by atoms with van der Waals surface area (Å²) in [5.74, 6) is -0.739. The number of amides is 1. The minimum Gasteiger partial charge on any atom is -0.342 e. The molecule has 0 aromatic heterocycles. The van der Waals surface area contributed by atoms with Crippen LogP contribution in [0.2, 0.25) is 0 Å². The second kappa shape index (κ2) is 5.88. The van der Waals surface area contributed by atoms with Gasteiger partial charge in [-0.15, -0.1) is 0 Å². The van der Waals surface area contributed by atoms with Crippen molar-refractivity contribution in [3.8, 4) is 0 Å². The van der Waals surface area contributed by atoms with Crippen molar-refractivity contribution in [1.29, 1.82) is 0 Å². The number of rotatable bonds is 5. The van der Waals surface area contributed by atoms with Crippen LogP contribution in [0.1, 0.15) is 12.0 Å². The van der Waals surface area contributed by atoms with Crippen LogP contribution in [0.3, 0.4) is 0 Å². The number of hydrogen-bond acceptors (Lipinski definition) is 3. The minimum absolute atomic E-state index is 0.0549. The molecule has 1 aromatic rings. The van der Waals surface area contributed by atoms with Gasteiger partial charge in [0, 0.05) is 25.4 Å². The molecular weight excluding hydrogens is 283 g/mol. The van der Waals surface area contributed by atoms with Crippen LogP contribution >= 0.6 is 0 Å². The molecular formula is C13H17FN2O3S. The van der Waals surface area contributed by atoms with Gasteiger partial charge in [-0.1, -0.05) is 12.1 Å². The van der Waals surface area contributed by atoms with E-state index in [4.69, 9.17) is 5.14 Å². The number of sulfonamides is 1. The van der Waals surface area contributed by atoms with Crippen LogP contribution in [0.4, 0.5) is 4.39 Å². The van der Waals surface area contributed by atoms with Gasteiger partial charge in [0.25, 0.3) is 0 Å². The predicted octanol–water partition coefficient (Wildman–Crippen LogP) is 0.505. The highest BCUT2D eigenvalue weighted by atomic mass is 32.2. The molecule has 0 saturated carbocycles. The highest BCUT2D eigenvalue weighted by molar-refractivity contribution is 7.89. The summed E-state index contributed by atoms with van der Waals surface area (Å²) in [6.07, 6.45) is 0.841. The van der Waals surface area contributed by atoms with E-state index in [1.807, 2.05) is 0 Å². The van der Waals surface area contributed by atoms with E-state index in [-0.39, 0.29) is 29.8 Å². The Balaban J connectivity index is 1.87. The lowest BCUT2D eigenvalue weighted by Gasteiger charge is -2.16. The van der Waals surface area contributed by atoms with Crippen molar-refractivity contribution in [3.05, 3.63) is 35.6 Å². The second-order valence-electron chi connectivity index (χ2n) is 5.12. The molecule has 5 nitrogen and oxygen atoms in total. The Labute approximate surface area is 117 Å². The van der Waals surface area contributed by atoms with Crippen molar-refractivity contribution in [2.75, 3.05) is 18.8 Å². The summed E-state index contributed by atoms with van der Waals surface area (Å²) in [6, 6.07) is 6.12. The van der Waals surface area contributed by atoms with Gasteiger partial charge in [-0.25, -0.2) is 17.9 Å². The highest BCUT2D eigenvalue weighted by Gasteiger charge is 2.31. The summed E-state index contributed by atoms with van der Waals surface area (Å²) in [6.45, 7) is 0.919. The van der Waals surface area contributed by atoms with E-state index in [1.165, 1.54) is 12.1 Å². The topological polar surface area (TPSA) is 80.5 Å². The maximum absolute atomic E-state index is 12.8. The third-order valence-electron chi connectivity index (χ3n) is 3.35. The van der Waals surface area contributed by atoms with Crippen LogP contribution in [-0.4, -0.2) is 38.1 Å². The van der Waals surface area contributed by atoms with E-state index < -0.39 is 10.0 Å². The van der Waals surface area contributed by atoms with Gasteiger partial charge < -0.3 is 4.90 Å². The van der Waals surface area contributed by atoms with Gasteiger partial charge in [-0.3, -0.25) is 4.79 Å². The number of nitrogens with two attached hydrogens (primary N) is 1. The first-order chi connectivity index (χ1) is 9.33. The third-order valence-corrected chi connectivity index (χ3v) is 4.28. The molecule has 7 heteroatoms. The molecule has 2 rings (SSSR count). The number of carbonyl (C=O) groups excluding carboxylic acids is 1. The molecule has 0 spiro atoms. The van der Waals surface area contributed by atoms with Crippen molar-refractivity contribution in [2.45, 2.75) is 12.8 Å². The Kier molecular flexibility index (Phi) is 4.39. The molecule has 1 atom stereocenters. The van der Waals surface area contributed by atoms with Gasteiger partial charge in [0.05, 0.1) is 5.75 Å². The number of halogens is 1. The molecule has 110 valence electrons. The Morgan fingerprint density at radius 2 is 1.95 bits per heavy atom. The molecule has 1 aliphatic heterocycles. The van der Waals surface area contributed by atoms with Crippen LogP contribution in [-0.2, 0) is 21.2 Å². The molecule has 1 aromatic carbocycles. The molecule has 2 N–H and O–H groups in total. The van der Waals surface area contributed by atoms with Gasteiger partial charge >= 0.3 is 0 Å². The van der Waals surface area contributed by atoms with Crippen LogP contribution in [0.25, 0.3) is 0 Å². The van der Waals surface area contributed by atoms with E-state index in [2.05, 4.69) is 0 Å². The van der Waals surface area contributed by atoms with Crippen LogP contribution in [0.5, 0.6) is 0 Å². The smallest absolute Gasteiger partial charge is 0.222 e. The Bertz CT molecular complexity index is 586. The van der Waals surface area contributed by atoms with Gasteiger partial charge in [-0.05, 0) is 24.1 Å². The zero-order valence-electron chi connectivity index (χ0n) is 11.0. The standard InChI is InChI=1S/C13H17FN2O3S/c14-12-3-1-10(2-4-12)5-6-16-8-11(7-13(16)17)9-20(15,18)19/h1-4,11H,5-9H2,(H2,15,18,19). The fourth-order valence-corrected chi connectivity index (χ4v) is 3.31.